The Balaban J connectivity index is 1.25. The minimum atomic E-state index is -0.521. The lowest BCUT2D eigenvalue weighted by Crippen LogP contribution is -2.18. The second kappa shape index (κ2) is 9.16. The standard InChI is InChI=1S/C24H21F2NOS/c25-22-6-3-7-23(26)20(22)15-27-13-4-14-28-18-11-9-17(10-12-18)21-16-29-24-8-2-1-5-19(21)24/h1-3,5-12,16,27H,4,13-15H2. The number of nitrogens with one attached hydrogen (secondary N) is 1. The lowest BCUT2D eigenvalue weighted by atomic mass is 10.0. The van der Waals surface area contributed by atoms with Crippen molar-refractivity contribution < 1.29 is 13.5 Å². The summed E-state index contributed by atoms with van der Waals surface area (Å²) in [7, 11) is 0. The van der Waals surface area contributed by atoms with Crippen LogP contribution in [0.3, 0.4) is 0 Å². The quantitative estimate of drug-likeness (QED) is 0.340. The van der Waals surface area contributed by atoms with Gasteiger partial charge in [-0.15, -0.1) is 11.3 Å². The topological polar surface area (TPSA) is 21.3 Å². The van der Waals surface area contributed by atoms with E-state index in [1.54, 1.807) is 11.3 Å². The van der Waals surface area contributed by atoms with E-state index >= 15 is 0 Å². The van der Waals surface area contributed by atoms with Crippen LogP contribution in [0, 0.1) is 11.6 Å². The van der Waals surface area contributed by atoms with Gasteiger partial charge in [0, 0.05) is 27.8 Å². The molecule has 2 nitrogen and oxygen atoms in total. The summed E-state index contributed by atoms with van der Waals surface area (Å²) in [5.74, 6) is -0.229. The number of rotatable bonds is 8. The van der Waals surface area contributed by atoms with Crippen molar-refractivity contribution in [1.82, 2.24) is 5.32 Å². The van der Waals surface area contributed by atoms with Gasteiger partial charge in [-0.05, 0) is 54.2 Å². The molecule has 0 atom stereocenters. The van der Waals surface area contributed by atoms with E-state index in [2.05, 4.69) is 47.1 Å². The first kappa shape index (κ1) is 19.6. The van der Waals surface area contributed by atoms with E-state index in [-0.39, 0.29) is 12.1 Å². The highest BCUT2D eigenvalue weighted by Gasteiger charge is 2.08. The molecule has 0 spiro atoms. The van der Waals surface area contributed by atoms with Gasteiger partial charge in [-0.25, -0.2) is 8.78 Å². The molecule has 0 fully saturated rings. The molecule has 0 aliphatic heterocycles. The third-order valence-electron chi connectivity index (χ3n) is 4.78. The van der Waals surface area contributed by atoms with Crippen molar-refractivity contribution in [2.75, 3.05) is 13.2 Å². The molecule has 0 saturated carbocycles. The molecule has 0 unspecified atom stereocenters. The summed E-state index contributed by atoms with van der Waals surface area (Å²) < 4.78 is 34.2. The van der Waals surface area contributed by atoms with Crippen molar-refractivity contribution in [3.8, 4) is 16.9 Å². The summed E-state index contributed by atoms with van der Waals surface area (Å²) in [6.07, 6.45) is 0.743. The van der Waals surface area contributed by atoms with E-state index < -0.39 is 11.6 Å². The molecule has 0 aliphatic carbocycles. The summed E-state index contributed by atoms with van der Waals surface area (Å²) in [6.45, 7) is 1.32. The maximum absolute atomic E-state index is 13.6. The zero-order valence-corrected chi connectivity index (χ0v) is 16.6. The van der Waals surface area contributed by atoms with Gasteiger partial charge in [0.2, 0.25) is 0 Å². The molecule has 4 aromatic rings. The Labute approximate surface area is 172 Å². The van der Waals surface area contributed by atoms with Crippen molar-refractivity contribution in [3.05, 3.63) is 89.3 Å². The highest BCUT2D eigenvalue weighted by Crippen LogP contribution is 2.34. The van der Waals surface area contributed by atoms with Crippen molar-refractivity contribution in [1.29, 1.82) is 0 Å². The molecule has 3 aromatic carbocycles. The van der Waals surface area contributed by atoms with E-state index in [1.807, 2.05) is 12.1 Å². The van der Waals surface area contributed by atoms with Gasteiger partial charge in [-0.2, -0.15) is 0 Å². The minimum Gasteiger partial charge on any atom is -0.494 e. The number of thiophene rings is 1. The summed E-state index contributed by atoms with van der Waals surface area (Å²) in [5, 5.41) is 6.51. The number of ether oxygens (including phenoxy) is 1. The zero-order valence-electron chi connectivity index (χ0n) is 15.8. The fourth-order valence-corrected chi connectivity index (χ4v) is 4.20. The van der Waals surface area contributed by atoms with Crippen LogP contribution < -0.4 is 10.1 Å². The van der Waals surface area contributed by atoms with Crippen molar-refractivity contribution in [3.63, 3.8) is 0 Å². The number of hydrogen-bond donors (Lipinski definition) is 1. The van der Waals surface area contributed by atoms with Gasteiger partial charge in [0.05, 0.1) is 6.61 Å². The van der Waals surface area contributed by atoms with Crippen LogP contribution in [0.4, 0.5) is 8.78 Å². The van der Waals surface area contributed by atoms with Crippen LogP contribution in [0.5, 0.6) is 5.75 Å². The summed E-state index contributed by atoms with van der Waals surface area (Å²) in [4.78, 5) is 0. The normalized spacial score (nSPS) is 11.1. The SMILES string of the molecule is Fc1cccc(F)c1CNCCCOc1ccc(-c2csc3ccccc23)cc1. The highest BCUT2D eigenvalue weighted by atomic mass is 32.1. The van der Waals surface area contributed by atoms with E-state index in [1.165, 1.54) is 39.4 Å². The van der Waals surface area contributed by atoms with Crippen LogP contribution in [0.1, 0.15) is 12.0 Å². The maximum atomic E-state index is 13.6. The summed E-state index contributed by atoms with van der Waals surface area (Å²) in [5.41, 5.74) is 2.48. The lowest BCUT2D eigenvalue weighted by Gasteiger charge is -2.09. The largest absolute Gasteiger partial charge is 0.494 e. The van der Waals surface area contributed by atoms with Crippen molar-refractivity contribution in [2.24, 2.45) is 0 Å². The second-order valence-corrected chi connectivity index (χ2v) is 7.66. The lowest BCUT2D eigenvalue weighted by molar-refractivity contribution is 0.308. The molecule has 0 saturated heterocycles. The molecule has 29 heavy (non-hydrogen) atoms. The smallest absolute Gasteiger partial charge is 0.130 e. The van der Waals surface area contributed by atoms with Gasteiger partial charge in [-0.1, -0.05) is 36.4 Å². The molecular weight excluding hydrogens is 388 g/mol. The molecule has 0 aliphatic rings. The fraction of sp³-hybridized carbons (Fsp3) is 0.167. The molecular formula is C24H21F2NOS. The van der Waals surface area contributed by atoms with Gasteiger partial charge >= 0.3 is 0 Å². The Morgan fingerprint density at radius 3 is 2.41 bits per heavy atom. The minimum absolute atomic E-state index is 0.0740. The predicted molar refractivity (Wildman–Crippen MR) is 115 cm³/mol. The van der Waals surface area contributed by atoms with Gasteiger partial charge in [-0.3, -0.25) is 0 Å². The second-order valence-electron chi connectivity index (χ2n) is 6.75. The zero-order chi connectivity index (χ0) is 20.1. The van der Waals surface area contributed by atoms with Crippen LogP contribution in [-0.4, -0.2) is 13.2 Å². The highest BCUT2D eigenvalue weighted by molar-refractivity contribution is 7.17. The molecule has 0 bridgehead atoms. The van der Waals surface area contributed by atoms with Gasteiger partial charge in [0.1, 0.15) is 17.4 Å². The molecule has 1 aromatic heterocycles. The summed E-state index contributed by atoms with van der Waals surface area (Å²) >= 11 is 1.75. The molecule has 0 amide bonds. The number of halogens is 2. The number of fused-ring (bicyclic) bond motifs is 1. The Morgan fingerprint density at radius 2 is 1.62 bits per heavy atom. The number of benzene rings is 3. The van der Waals surface area contributed by atoms with E-state index in [9.17, 15) is 8.78 Å². The Bertz CT molecular complexity index is 1070. The van der Waals surface area contributed by atoms with Gasteiger partial charge < -0.3 is 10.1 Å². The van der Waals surface area contributed by atoms with Crippen LogP contribution >= 0.6 is 11.3 Å². The molecule has 4 rings (SSSR count). The third-order valence-corrected chi connectivity index (χ3v) is 5.74. The van der Waals surface area contributed by atoms with Crippen molar-refractivity contribution >= 4 is 21.4 Å². The fourth-order valence-electron chi connectivity index (χ4n) is 3.23. The van der Waals surface area contributed by atoms with Gasteiger partial charge in [0.25, 0.3) is 0 Å². The first-order valence-electron chi connectivity index (χ1n) is 9.55. The van der Waals surface area contributed by atoms with E-state index in [0.717, 1.165) is 12.2 Å². The van der Waals surface area contributed by atoms with Crippen LogP contribution in [0.25, 0.3) is 21.2 Å². The van der Waals surface area contributed by atoms with Crippen LogP contribution in [0.2, 0.25) is 0 Å². The molecule has 1 N–H and O–H groups in total. The van der Waals surface area contributed by atoms with E-state index in [4.69, 9.17) is 4.74 Å². The molecule has 148 valence electrons. The monoisotopic (exact) mass is 409 g/mol. The average Bonchev–Trinajstić information content (AvgIpc) is 3.17. The van der Waals surface area contributed by atoms with Crippen molar-refractivity contribution in [2.45, 2.75) is 13.0 Å². The predicted octanol–water partition coefficient (Wildman–Crippen LogP) is 6.41. The average molecular weight is 410 g/mol. The Morgan fingerprint density at radius 1 is 0.862 bits per heavy atom. The van der Waals surface area contributed by atoms with Crippen LogP contribution in [0.15, 0.2) is 72.1 Å². The maximum Gasteiger partial charge on any atom is 0.130 e. The Kier molecular flexibility index (Phi) is 6.17. The van der Waals surface area contributed by atoms with Gasteiger partial charge in [0.15, 0.2) is 0 Å². The molecule has 1 heterocycles. The third kappa shape index (κ3) is 4.63. The Hall–Kier alpha value is -2.76. The molecule has 0 radical (unpaired) electrons. The molecule has 5 heteroatoms. The summed E-state index contributed by atoms with van der Waals surface area (Å²) in [6, 6.07) is 20.4. The first-order chi connectivity index (χ1) is 14.2. The van der Waals surface area contributed by atoms with Crippen LogP contribution in [-0.2, 0) is 6.54 Å². The number of hydrogen-bond acceptors (Lipinski definition) is 3. The van der Waals surface area contributed by atoms with E-state index in [0.29, 0.717) is 13.2 Å². The first-order valence-corrected chi connectivity index (χ1v) is 10.4.